The van der Waals surface area contributed by atoms with Crippen LogP contribution in [0.3, 0.4) is 0 Å². The van der Waals surface area contributed by atoms with Crippen molar-refractivity contribution in [1.29, 1.82) is 0 Å². The van der Waals surface area contributed by atoms with E-state index in [2.05, 4.69) is 5.32 Å². The molecule has 1 amide bonds. The maximum absolute atomic E-state index is 11.6. The summed E-state index contributed by atoms with van der Waals surface area (Å²) in [5, 5.41) is 2.09. The fourth-order valence-electron chi connectivity index (χ4n) is 2.01. The first-order chi connectivity index (χ1) is 9.10. The van der Waals surface area contributed by atoms with E-state index in [4.69, 9.17) is 4.74 Å². The van der Waals surface area contributed by atoms with Gasteiger partial charge in [-0.25, -0.2) is 8.42 Å². The molecule has 0 spiro atoms. The molecule has 20 heavy (non-hydrogen) atoms. The molecule has 0 saturated carbocycles. The lowest BCUT2D eigenvalue weighted by molar-refractivity contribution is -0.155. The van der Waals surface area contributed by atoms with Crippen molar-refractivity contribution in [1.82, 2.24) is 5.32 Å². The molecule has 1 aliphatic rings. The average molecular weight is 305 g/mol. The topological polar surface area (TPSA) is 89.5 Å². The Bertz CT molecular complexity index is 464. The van der Waals surface area contributed by atoms with Crippen LogP contribution in [0.2, 0.25) is 0 Å². The number of carbonyl (C=O) groups is 2. The van der Waals surface area contributed by atoms with Crippen LogP contribution in [0.4, 0.5) is 0 Å². The second kappa shape index (κ2) is 6.56. The van der Waals surface area contributed by atoms with Crippen LogP contribution in [0.5, 0.6) is 0 Å². The summed E-state index contributed by atoms with van der Waals surface area (Å²) >= 11 is 0. The van der Waals surface area contributed by atoms with Gasteiger partial charge in [0, 0.05) is 13.0 Å². The maximum atomic E-state index is 11.6. The summed E-state index contributed by atoms with van der Waals surface area (Å²) in [6.45, 7) is 5.41. The Morgan fingerprint density at radius 2 is 1.90 bits per heavy atom. The Kier molecular flexibility index (Phi) is 5.56. The second-order valence-electron chi connectivity index (χ2n) is 6.02. The summed E-state index contributed by atoms with van der Waals surface area (Å²) in [5.74, 6) is -0.551. The SMILES string of the molecule is CC(C)(C)OC(=O)CCC(=O)NCC1CCCS1(=O)=O. The second-order valence-corrected chi connectivity index (χ2v) is 8.42. The summed E-state index contributed by atoms with van der Waals surface area (Å²) in [4.78, 5) is 23.0. The molecule has 1 saturated heterocycles. The third-order valence-corrected chi connectivity index (χ3v) is 5.24. The molecule has 0 aromatic rings. The van der Waals surface area contributed by atoms with Crippen LogP contribution in [0.25, 0.3) is 0 Å². The van der Waals surface area contributed by atoms with E-state index >= 15 is 0 Å². The highest BCUT2D eigenvalue weighted by Gasteiger charge is 2.31. The van der Waals surface area contributed by atoms with E-state index in [0.717, 1.165) is 0 Å². The summed E-state index contributed by atoms with van der Waals surface area (Å²) in [6, 6.07) is 0. The highest BCUT2D eigenvalue weighted by molar-refractivity contribution is 7.92. The third-order valence-electron chi connectivity index (χ3n) is 2.97. The highest BCUT2D eigenvalue weighted by Crippen LogP contribution is 2.19. The van der Waals surface area contributed by atoms with Gasteiger partial charge in [-0.3, -0.25) is 9.59 Å². The Morgan fingerprint density at radius 3 is 2.40 bits per heavy atom. The molecule has 0 radical (unpaired) electrons. The van der Waals surface area contributed by atoms with Gasteiger partial charge in [-0.1, -0.05) is 0 Å². The van der Waals surface area contributed by atoms with Gasteiger partial charge >= 0.3 is 5.97 Å². The summed E-state index contributed by atoms with van der Waals surface area (Å²) in [7, 11) is -3.04. The minimum absolute atomic E-state index is 0.000516. The molecular formula is C13H23NO5S. The number of nitrogens with one attached hydrogen (secondary N) is 1. The van der Waals surface area contributed by atoms with Crippen molar-refractivity contribution in [2.75, 3.05) is 12.3 Å². The van der Waals surface area contributed by atoms with Crippen LogP contribution in [0.1, 0.15) is 46.5 Å². The van der Waals surface area contributed by atoms with Gasteiger partial charge in [-0.2, -0.15) is 0 Å². The molecule has 116 valence electrons. The molecule has 0 aromatic carbocycles. The number of rotatable bonds is 5. The monoisotopic (exact) mass is 305 g/mol. The molecule has 1 N–H and O–H groups in total. The van der Waals surface area contributed by atoms with Crippen molar-refractivity contribution in [2.24, 2.45) is 0 Å². The van der Waals surface area contributed by atoms with Crippen LogP contribution in [0.15, 0.2) is 0 Å². The van der Waals surface area contributed by atoms with Crippen molar-refractivity contribution in [3.63, 3.8) is 0 Å². The van der Waals surface area contributed by atoms with Crippen molar-refractivity contribution >= 4 is 21.7 Å². The lowest BCUT2D eigenvalue weighted by Gasteiger charge is -2.19. The van der Waals surface area contributed by atoms with Crippen molar-refractivity contribution in [3.8, 4) is 0 Å². The molecule has 1 aliphatic heterocycles. The molecule has 1 fully saturated rings. The smallest absolute Gasteiger partial charge is 0.306 e. The van der Waals surface area contributed by atoms with Crippen LogP contribution in [-0.4, -0.2) is 43.4 Å². The van der Waals surface area contributed by atoms with Gasteiger partial charge in [-0.15, -0.1) is 0 Å². The molecule has 6 nitrogen and oxygen atoms in total. The van der Waals surface area contributed by atoms with Gasteiger partial charge in [0.05, 0.1) is 17.4 Å². The fraction of sp³-hybridized carbons (Fsp3) is 0.846. The van der Waals surface area contributed by atoms with Gasteiger partial charge in [0.15, 0.2) is 9.84 Å². The quantitative estimate of drug-likeness (QED) is 0.759. The predicted octanol–water partition coefficient (Wildman–Crippen LogP) is 0.802. The van der Waals surface area contributed by atoms with Gasteiger partial charge in [0.1, 0.15) is 5.60 Å². The molecule has 0 bridgehead atoms. The minimum Gasteiger partial charge on any atom is -0.460 e. The molecule has 7 heteroatoms. The van der Waals surface area contributed by atoms with E-state index in [9.17, 15) is 18.0 Å². The molecule has 1 atom stereocenters. The van der Waals surface area contributed by atoms with Crippen molar-refractivity contribution < 1.29 is 22.7 Å². The first-order valence-electron chi connectivity index (χ1n) is 6.80. The Balaban J connectivity index is 2.26. The Hall–Kier alpha value is -1.11. The number of ether oxygens (including phenoxy) is 1. The fourth-order valence-corrected chi connectivity index (χ4v) is 3.78. The third kappa shape index (κ3) is 5.90. The number of esters is 1. The zero-order valence-corrected chi connectivity index (χ0v) is 13.1. The normalized spacial score (nSPS) is 21.4. The summed E-state index contributed by atoms with van der Waals surface area (Å²) in [5.41, 5.74) is -0.564. The van der Waals surface area contributed by atoms with E-state index in [1.54, 1.807) is 20.8 Å². The molecule has 0 aliphatic carbocycles. The van der Waals surface area contributed by atoms with Crippen molar-refractivity contribution in [2.45, 2.75) is 57.3 Å². The Morgan fingerprint density at radius 1 is 1.25 bits per heavy atom. The van der Waals surface area contributed by atoms with Gasteiger partial charge < -0.3 is 10.1 Å². The first-order valence-corrected chi connectivity index (χ1v) is 8.52. The average Bonchev–Trinajstić information content (AvgIpc) is 2.60. The molecule has 1 heterocycles. The van der Waals surface area contributed by atoms with E-state index in [-0.39, 0.29) is 31.0 Å². The molecule has 0 aromatic heterocycles. The van der Waals surface area contributed by atoms with E-state index in [1.165, 1.54) is 0 Å². The number of amides is 1. The van der Waals surface area contributed by atoms with Gasteiger partial charge in [0.2, 0.25) is 5.91 Å². The van der Waals surface area contributed by atoms with E-state index in [0.29, 0.717) is 12.8 Å². The summed E-state index contributed by atoms with van der Waals surface area (Å²) in [6.07, 6.45) is 1.26. The van der Waals surface area contributed by atoms with E-state index in [1.807, 2.05) is 0 Å². The lowest BCUT2D eigenvalue weighted by Crippen LogP contribution is -2.35. The predicted molar refractivity (Wildman–Crippen MR) is 74.9 cm³/mol. The first kappa shape index (κ1) is 16.9. The van der Waals surface area contributed by atoms with Crippen LogP contribution >= 0.6 is 0 Å². The standard InChI is InChI=1S/C13H23NO5S/c1-13(2,3)19-12(16)7-6-11(15)14-9-10-5-4-8-20(10,17)18/h10H,4-9H2,1-3H3,(H,14,15). The number of carbonyl (C=O) groups excluding carboxylic acids is 2. The van der Waals surface area contributed by atoms with Crippen LogP contribution in [0, 0.1) is 0 Å². The summed E-state index contributed by atoms with van der Waals surface area (Å²) < 4.78 is 28.2. The Labute approximate surface area is 120 Å². The van der Waals surface area contributed by atoms with Gasteiger partial charge in [0.25, 0.3) is 0 Å². The van der Waals surface area contributed by atoms with Crippen molar-refractivity contribution in [3.05, 3.63) is 0 Å². The minimum atomic E-state index is -3.04. The molecule has 1 rings (SSSR count). The molecular weight excluding hydrogens is 282 g/mol. The van der Waals surface area contributed by atoms with E-state index < -0.39 is 26.7 Å². The number of hydrogen-bond donors (Lipinski definition) is 1. The van der Waals surface area contributed by atoms with Crippen LogP contribution in [-0.2, 0) is 24.2 Å². The zero-order chi connectivity index (χ0) is 15.4. The maximum Gasteiger partial charge on any atom is 0.306 e. The number of hydrogen-bond acceptors (Lipinski definition) is 5. The molecule has 1 unspecified atom stereocenters. The zero-order valence-electron chi connectivity index (χ0n) is 12.3. The number of sulfone groups is 1. The van der Waals surface area contributed by atoms with Gasteiger partial charge in [-0.05, 0) is 33.6 Å². The highest BCUT2D eigenvalue weighted by atomic mass is 32.2. The largest absolute Gasteiger partial charge is 0.460 e. The van der Waals surface area contributed by atoms with Crippen LogP contribution < -0.4 is 5.32 Å². The lowest BCUT2D eigenvalue weighted by atomic mass is 10.2.